The zero-order valence-corrected chi connectivity index (χ0v) is 20.2. The fourth-order valence-electron chi connectivity index (χ4n) is 4.71. The van der Waals surface area contributed by atoms with Crippen LogP contribution < -0.4 is 10.6 Å². The van der Waals surface area contributed by atoms with E-state index in [1.54, 1.807) is 4.90 Å². The van der Waals surface area contributed by atoms with Crippen LogP contribution in [0.4, 0.5) is 4.79 Å². The molecule has 4 atom stereocenters. The first kappa shape index (κ1) is 26.2. The predicted octanol–water partition coefficient (Wildman–Crippen LogP) is 4.31. The second-order valence-corrected chi connectivity index (χ2v) is 9.46. The van der Waals surface area contributed by atoms with Crippen molar-refractivity contribution >= 4 is 17.9 Å². The molecule has 1 aliphatic carbocycles. The highest BCUT2D eigenvalue weighted by atomic mass is 16.6. The topological polar surface area (TPSA) is 87.7 Å². The maximum atomic E-state index is 13.7. The van der Waals surface area contributed by atoms with Crippen LogP contribution in [0.3, 0.4) is 0 Å². The number of ether oxygens (including phenoxy) is 1. The van der Waals surface area contributed by atoms with E-state index >= 15 is 0 Å². The van der Waals surface area contributed by atoms with Crippen LogP contribution >= 0.6 is 0 Å². The van der Waals surface area contributed by atoms with Gasteiger partial charge in [0.05, 0.1) is 0 Å². The lowest BCUT2D eigenvalue weighted by Gasteiger charge is -2.33. The van der Waals surface area contributed by atoms with E-state index in [0.29, 0.717) is 19.4 Å². The summed E-state index contributed by atoms with van der Waals surface area (Å²) in [5.74, 6) is -0.172. The molecule has 0 aromatic rings. The molecule has 0 aromatic heterocycles. The number of rotatable bonds is 10. The van der Waals surface area contributed by atoms with Crippen LogP contribution in [-0.2, 0) is 14.3 Å². The average molecular weight is 450 g/mol. The summed E-state index contributed by atoms with van der Waals surface area (Å²) in [6, 6.07) is -1.09. The number of carbonyl (C=O) groups excluding carboxylic acids is 3. The van der Waals surface area contributed by atoms with Crippen molar-refractivity contribution in [3.63, 3.8) is 0 Å². The van der Waals surface area contributed by atoms with Gasteiger partial charge < -0.3 is 20.3 Å². The van der Waals surface area contributed by atoms with Gasteiger partial charge in [0.15, 0.2) is 0 Å². The first-order valence-electron chi connectivity index (χ1n) is 12.6. The molecule has 32 heavy (non-hydrogen) atoms. The normalized spacial score (nSPS) is 22.3. The van der Waals surface area contributed by atoms with E-state index in [1.807, 2.05) is 26.8 Å². The van der Waals surface area contributed by atoms with Gasteiger partial charge in [-0.05, 0) is 64.7 Å². The molecule has 2 rings (SSSR count). The number of carbonyl (C=O) groups is 3. The Labute approximate surface area is 193 Å². The van der Waals surface area contributed by atoms with Gasteiger partial charge in [0.2, 0.25) is 11.8 Å². The maximum absolute atomic E-state index is 13.7. The quantitative estimate of drug-likeness (QED) is 0.384. The second kappa shape index (κ2) is 13.5. The summed E-state index contributed by atoms with van der Waals surface area (Å²) in [5, 5.41) is 5.94. The molecule has 2 N–H and O–H groups in total. The van der Waals surface area contributed by atoms with Crippen molar-refractivity contribution in [3.8, 4) is 0 Å². The fraction of sp³-hybridized carbons (Fsp3) is 0.800. The van der Waals surface area contributed by atoms with Gasteiger partial charge in [0, 0.05) is 12.6 Å². The van der Waals surface area contributed by atoms with Crippen LogP contribution in [0.5, 0.6) is 0 Å². The van der Waals surface area contributed by atoms with Gasteiger partial charge >= 0.3 is 6.09 Å². The molecular formula is C25H43N3O4. The van der Waals surface area contributed by atoms with E-state index < -0.39 is 18.2 Å². The SMILES string of the molecule is C=CCCC(C)NC(=O)C1CCCN1C(=O)C(NC(=O)OC(C)CC)C1CCCCCC1. The molecule has 7 heteroatoms. The van der Waals surface area contributed by atoms with E-state index in [0.717, 1.165) is 57.8 Å². The maximum Gasteiger partial charge on any atom is 0.408 e. The van der Waals surface area contributed by atoms with E-state index in [1.165, 1.54) is 0 Å². The first-order chi connectivity index (χ1) is 15.4. The van der Waals surface area contributed by atoms with Crippen molar-refractivity contribution in [1.29, 1.82) is 0 Å². The highest BCUT2D eigenvalue weighted by Crippen LogP contribution is 2.29. The smallest absolute Gasteiger partial charge is 0.408 e. The highest BCUT2D eigenvalue weighted by molar-refractivity contribution is 5.92. The molecule has 2 aliphatic rings. The minimum atomic E-state index is -0.642. The van der Waals surface area contributed by atoms with E-state index in [2.05, 4.69) is 17.2 Å². The van der Waals surface area contributed by atoms with Crippen LogP contribution in [0.25, 0.3) is 0 Å². The molecule has 1 saturated heterocycles. The number of amides is 3. The third kappa shape index (κ3) is 7.82. The number of hydrogen-bond acceptors (Lipinski definition) is 4. The molecule has 2 fully saturated rings. The van der Waals surface area contributed by atoms with E-state index in [9.17, 15) is 14.4 Å². The summed E-state index contributed by atoms with van der Waals surface area (Å²) >= 11 is 0. The second-order valence-electron chi connectivity index (χ2n) is 9.46. The lowest BCUT2D eigenvalue weighted by Crippen LogP contribution is -2.56. The van der Waals surface area contributed by atoms with Crippen molar-refractivity contribution in [2.24, 2.45) is 5.92 Å². The molecule has 0 bridgehead atoms. The minimum absolute atomic E-state index is 0.0272. The summed E-state index contributed by atoms with van der Waals surface area (Å²) in [5.41, 5.74) is 0. The van der Waals surface area contributed by atoms with Crippen LogP contribution in [-0.4, -0.2) is 53.6 Å². The lowest BCUT2D eigenvalue weighted by molar-refractivity contribution is -0.141. The third-order valence-electron chi connectivity index (χ3n) is 6.82. The molecule has 0 aromatic carbocycles. The van der Waals surface area contributed by atoms with Gasteiger partial charge in [-0.2, -0.15) is 0 Å². The average Bonchev–Trinajstić information content (AvgIpc) is 3.11. The first-order valence-corrected chi connectivity index (χ1v) is 12.6. The van der Waals surface area contributed by atoms with Crippen molar-refractivity contribution in [2.45, 2.75) is 116 Å². The fourth-order valence-corrected chi connectivity index (χ4v) is 4.71. The Morgan fingerprint density at radius 3 is 2.38 bits per heavy atom. The molecule has 0 spiro atoms. The van der Waals surface area contributed by atoms with Gasteiger partial charge in [-0.15, -0.1) is 6.58 Å². The predicted molar refractivity (Wildman–Crippen MR) is 126 cm³/mol. The zero-order valence-electron chi connectivity index (χ0n) is 20.2. The summed E-state index contributed by atoms with van der Waals surface area (Å²) in [4.78, 5) is 40.9. The Morgan fingerprint density at radius 1 is 1.06 bits per heavy atom. The van der Waals surface area contributed by atoms with E-state index in [-0.39, 0.29) is 29.9 Å². The molecule has 7 nitrogen and oxygen atoms in total. The molecule has 1 saturated carbocycles. The largest absolute Gasteiger partial charge is 0.447 e. The molecule has 1 heterocycles. The van der Waals surface area contributed by atoms with Crippen molar-refractivity contribution < 1.29 is 19.1 Å². The Bertz CT molecular complexity index is 631. The molecular weight excluding hydrogens is 406 g/mol. The Morgan fingerprint density at radius 2 is 1.75 bits per heavy atom. The number of nitrogens with zero attached hydrogens (tertiary/aromatic N) is 1. The summed E-state index contributed by atoms with van der Waals surface area (Å²) in [6.07, 6.45) is 11.2. The van der Waals surface area contributed by atoms with Gasteiger partial charge in [0.25, 0.3) is 0 Å². The standard InChI is InChI=1S/C25H43N3O4/c1-5-7-13-18(3)26-23(29)21-16-12-17-28(21)24(30)22(20-14-10-8-9-11-15-20)27-25(31)32-19(4)6-2/h5,18-22H,1,6-17H2,2-4H3,(H,26,29)(H,27,31). The van der Waals surface area contributed by atoms with Crippen LogP contribution in [0.2, 0.25) is 0 Å². The monoisotopic (exact) mass is 449 g/mol. The molecule has 3 amide bonds. The van der Waals surface area contributed by atoms with E-state index in [4.69, 9.17) is 4.74 Å². The molecule has 4 unspecified atom stereocenters. The summed E-state index contributed by atoms with van der Waals surface area (Å²) in [6.45, 7) is 10.0. The van der Waals surface area contributed by atoms with Crippen molar-refractivity contribution in [1.82, 2.24) is 15.5 Å². The van der Waals surface area contributed by atoms with Crippen LogP contribution in [0.15, 0.2) is 12.7 Å². The van der Waals surface area contributed by atoms with Gasteiger partial charge in [0.1, 0.15) is 18.2 Å². The third-order valence-corrected chi connectivity index (χ3v) is 6.82. The zero-order chi connectivity index (χ0) is 23.5. The lowest BCUT2D eigenvalue weighted by atomic mass is 9.90. The summed E-state index contributed by atoms with van der Waals surface area (Å²) in [7, 11) is 0. The van der Waals surface area contributed by atoms with Crippen LogP contribution in [0.1, 0.15) is 91.4 Å². The minimum Gasteiger partial charge on any atom is -0.447 e. The Hall–Kier alpha value is -2.05. The molecule has 182 valence electrons. The number of allylic oxidation sites excluding steroid dienone is 1. The Balaban J connectivity index is 2.12. The number of alkyl carbamates (subject to hydrolysis) is 1. The number of likely N-dealkylation sites (tertiary alicyclic amines) is 1. The number of nitrogens with one attached hydrogen (secondary N) is 2. The summed E-state index contributed by atoms with van der Waals surface area (Å²) < 4.78 is 5.42. The number of hydrogen-bond donors (Lipinski definition) is 2. The highest BCUT2D eigenvalue weighted by Gasteiger charge is 2.40. The van der Waals surface area contributed by atoms with Gasteiger partial charge in [-0.25, -0.2) is 4.79 Å². The Kier molecular flexibility index (Phi) is 11.0. The molecule has 0 radical (unpaired) electrons. The van der Waals surface area contributed by atoms with Crippen molar-refractivity contribution in [2.75, 3.05) is 6.54 Å². The van der Waals surface area contributed by atoms with Gasteiger partial charge in [-0.1, -0.05) is 38.7 Å². The van der Waals surface area contributed by atoms with Crippen molar-refractivity contribution in [3.05, 3.63) is 12.7 Å². The molecule has 1 aliphatic heterocycles. The van der Waals surface area contributed by atoms with Crippen LogP contribution in [0, 0.1) is 5.92 Å². The van der Waals surface area contributed by atoms with Gasteiger partial charge in [-0.3, -0.25) is 9.59 Å².